The smallest absolute Gasteiger partial charge is 0.0934 e. The van der Waals surface area contributed by atoms with Crippen molar-refractivity contribution in [3.05, 3.63) is 0 Å². The van der Waals surface area contributed by atoms with Crippen LogP contribution >= 0.6 is 0 Å². The van der Waals surface area contributed by atoms with Gasteiger partial charge in [0.1, 0.15) is 0 Å². The van der Waals surface area contributed by atoms with E-state index in [9.17, 15) is 0 Å². The number of hydrogen-bond donors (Lipinski definition) is 2. The van der Waals surface area contributed by atoms with Crippen LogP contribution < -0.4 is 5.32 Å². The number of nitrogens with one attached hydrogen (secondary N) is 1. The number of amidine groups is 1. The fraction of sp³-hybridized carbons (Fsp3) is 0.857. The summed E-state index contributed by atoms with van der Waals surface area (Å²) in [7, 11) is 0. The minimum atomic E-state index is 0.107. The average Bonchev–Trinajstić information content (AvgIpc) is 1.88. The van der Waals surface area contributed by atoms with Crippen molar-refractivity contribution in [1.82, 2.24) is 5.32 Å². The second-order valence-electron chi connectivity index (χ2n) is 2.29. The highest BCUT2D eigenvalue weighted by atomic mass is 16.3. The third-order valence-electron chi connectivity index (χ3n) is 1.12. The van der Waals surface area contributed by atoms with Crippen LogP contribution in [0.1, 0.15) is 20.8 Å². The summed E-state index contributed by atoms with van der Waals surface area (Å²) in [6.45, 7) is 6.73. The van der Waals surface area contributed by atoms with Gasteiger partial charge in [0.05, 0.1) is 12.4 Å². The van der Waals surface area contributed by atoms with Gasteiger partial charge in [0, 0.05) is 12.6 Å². The predicted molar refractivity (Wildman–Crippen MR) is 43.3 cm³/mol. The third-order valence-corrected chi connectivity index (χ3v) is 1.12. The molecule has 0 rings (SSSR count). The Bertz CT molecular complexity index is 112. The third kappa shape index (κ3) is 4.32. The minimum Gasteiger partial charge on any atom is -0.394 e. The zero-order valence-electron chi connectivity index (χ0n) is 6.89. The molecule has 0 saturated heterocycles. The standard InChI is InChI=1S/C7H16N2O/c1-4-8-7(3)9-6(2)5-10/h6,10H,4-5H2,1-3H3,(H,8,9). The highest BCUT2D eigenvalue weighted by molar-refractivity contribution is 5.79. The molecule has 0 heterocycles. The van der Waals surface area contributed by atoms with E-state index < -0.39 is 0 Å². The van der Waals surface area contributed by atoms with Crippen molar-refractivity contribution >= 4 is 5.84 Å². The summed E-state index contributed by atoms with van der Waals surface area (Å²) in [5.41, 5.74) is 0. The van der Waals surface area contributed by atoms with Gasteiger partial charge in [-0.3, -0.25) is 4.99 Å². The van der Waals surface area contributed by atoms with E-state index in [0.29, 0.717) is 0 Å². The van der Waals surface area contributed by atoms with E-state index in [1.807, 2.05) is 20.8 Å². The summed E-state index contributed by atoms with van der Waals surface area (Å²) in [6, 6.07) is 0.107. The Balaban J connectivity index is 3.56. The van der Waals surface area contributed by atoms with E-state index in [1.54, 1.807) is 0 Å². The first-order chi connectivity index (χ1) is 4.70. The van der Waals surface area contributed by atoms with Crippen LogP contribution in [0.15, 0.2) is 4.99 Å². The summed E-state index contributed by atoms with van der Waals surface area (Å²) in [4.78, 5) is 4.11. The van der Waals surface area contributed by atoms with Crippen molar-refractivity contribution in [2.24, 2.45) is 4.99 Å². The van der Waals surface area contributed by atoms with E-state index in [2.05, 4.69) is 10.3 Å². The number of nitrogens with zero attached hydrogens (tertiary/aromatic N) is 1. The Morgan fingerprint density at radius 3 is 2.70 bits per heavy atom. The highest BCUT2D eigenvalue weighted by Gasteiger charge is 1.97. The zero-order valence-corrected chi connectivity index (χ0v) is 6.89. The lowest BCUT2D eigenvalue weighted by Crippen LogP contribution is -2.33. The summed E-state index contributed by atoms with van der Waals surface area (Å²) in [5.74, 6) is 0.893. The first kappa shape index (κ1) is 9.43. The molecule has 0 radical (unpaired) electrons. The zero-order chi connectivity index (χ0) is 7.98. The molecule has 3 nitrogen and oxygen atoms in total. The van der Waals surface area contributed by atoms with Gasteiger partial charge in [-0.2, -0.15) is 0 Å². The topological polar surface area (TPSA) is 44.6 Å². The molecule has 0 fully saturated rings. The Kier molecular flexibility index (Phi) is 4.94. The van der Waals surface area contributed by atoms with Crippen molar-refractivity contribution in [2.75, 3.05) is 13.2 Å². The van der Waals surface area contributed by atoms with Gasteiger partial charge >= 0.3 is 0 Å². The lowest BCUT2D eigenvalue weighted by molar-refractivity contribution is 0.264. The van der Waals surface area contributed by atoms with Gasteiger partial charge < -0.3 is 10.4 Å². The summed E-state index contributed by atoms with van der Waals surface area (Å²) in [5, 5.41) is 11.7. The van der Waals surface area contributed by atoms with Crippen molar-refractivity contribution < 1.29 is 5.11 Å². The molecule has 0 aliphatic rings. The Hall–Kier alpha value is -0.570. The molecular formula is C7H16N2O. The van der Waals surface area contributed by atoms with Gasteiger partial charge in [0.2, 0.25) is 0 Å². The van der Waals surface area contributed by atoms with E-state index in [1.165, 1.54) is 0 Å². The Morgan fingerprint density at radius 2 is 2.30 bits per heavy atom. The summed E-state index contributed by atoms with van der Waals surface area (Å²) in [6.07, 6.45) is 0. The van der Waals surface area contributed by atoms with Gasteiger partial charge in [0.25, 0.3) is 0 Å². The number of aliphatic hydroxyl groups excluding tert-OH is 1. The van der Waals surface area contributed by atoms with Crippen LogP contribution in [-0.2, 0) is 0 Å². The molecule has 0 saturated carbocycles. The molecule has 10 heavy (non-hydrogen) atoms. The normalized spacial score (nSPS) is 15.0. The summed E-state index contributed by atoms with van der Waals surface area (Å²) < 4.78 is 0. The lowest BCUT2D eigenvalue weighted by Gasteiger charge is -2.10. The van der Waals surface area contributed by atoms with Crippen LogP contribution in [0.3, 0.4) is 0 Å². The first-order valence-electron chi connectivity index (χ1n) is 3.59. The van der Waals surface area contributed by atoms with Crippen LogP contribution in [-0.4, -0.2) is 30.1 Å². The van der Waals surface area contributed by atoms with Gasteiger partial charge in [-0.1, -0.05) is 0 Å². The van der Waals surface area contributed by atoms with Crippen LogP contribution in [0.2, 0.25) is 0 Å². The van der Waals surface area contributed by atoms with E-state index in [-0.39, 0.29) is 12.6 Å². The highest BCUT2D eigenvalue weighted by Crippen LogP contribution is 1.80. The molecular weight excluding hydrogens is 128 g/mol. The number of rotatable bonds is 3. The first-order valence-corrected chi connectivity index (χ1v) is 3.59. The maximum Gasteiger partial charge on any atom is 0.0934 e. The maximum absolute atomic E-state index is 8.63. The van der Waals surface area contributed by atoms with Gasteiger partial charge in [-0.15, -0.1) is 0 Å². The van der Waals surface area contributed by atoms with Crippen molar-refractivity contribution in [3.8, 4) is 0 Å². The number of aliphatic hydroxyl groups is 1. The molecule has 3 heteroatoms. The van der Waals surface area contributed by atoms with Gasteiger partial charge in [-0.25, -0.2) is 0 Å². The minimum absolute atomic E-state index is 0.107. The Morgan fingerprint density at radius 1 is 1.70 bits per heavy atom. The predicted octanol–water partition coefficient (Wildman–Crippen LogP) is 0.395. The van der Waals surface area contributed by atoms with E-state index in [0.717, 1.165) is 12.4 Å². The molecule has 60 valence electrons. The molecule has 0 spiro atoms. The molecule has 0 aromatic carbocycles. The molecule has 2 N–H and O–H groups in total. The molecule has 0 aromatic heterocycles. The number of hydrogen-bond acceptors (Lipinski definition) is 2. The molecule has 1 unspecified atom stereocenters. The molecule has 0 aromatic rings. The van der Waals surface area contributed by atoms with Crippen molar-refractivity contribution in [3.63, 3.8) is 0 Å². The molecule has 0 aliphatic heterocycles. The molecule has 0 bridgehead atoms. The second kappa shape index (κ2) is 5.23. The molecule has 0 amide bonds. The fourth-order valence-electron chi connectivity index (χ4n) is 0.685. The fourth-order valence-corrected chi connectivity index (χ4v) is 0.685. The average molecular weight is 144 g/mol. The monoisotopic (exact) mass is 144 g/mol. The van der Waals surface area contributed by atoms with Crippen LogP contribution in [0, 0.1) is 0 Å². The SMILES string of the molecule is CCN=C(C)NC(C)CO. The van der Waals surface area contributed by atoms with Crippen LogP contribution in [0.4, 0.5) is 0 Å². The van der Waals surface area contributed by atoms with Crippen molar-refractivity contribution in [1.29, 1.82) is 0 Å². The quantitative estimate of drug-likeness (QED) is 0.444. The van der Waals surface area contributed by atoms with Crippen molar-refractivity contribution in [2.45, 2.75) is 26.8 Å². The van der Waals surface area contributed by atoms with E-state index >= 15 is 0 Å². The van der Waals surface area contributed by atoms with E-state index in [4.69, 9.17) is 5.11 Å². The maximum atomic E-state index is 8.63. The Labute approximate surface area is 62.2 Å². The molecule has 0 aliphatic carbocycles. The summed E-state index contributed by atoms with van der Waals surface area (Å²) >= 11 is 0. The lowest BCUT2D eigenvalue weighted by atomic mass is 10.3. The van der Waals surface area contributed by atoms with Crippen LogP contribution in [0.5, 0.6) is 0 Å². The molecule has 1 atom stereocenters. The second-order valence-corrected chi connectivity index (χ2v) is 2.29. The largest absolute Gasteiger partial charge is 0.394 e. The van der Waals surface area contributed by atoms with Gasteiger partial charge in [0.15, 0.2) is 0 Å². The number of aliphatic imine (C=N–C) groups is 1. The van der Waals surface area contributed by atoms with Crippen LogP contribution in [0.25, 0.3) is 0 Å². The van der Waals surface area contributed by atoms with Gasteiger partial charge in [-0.05, 0) is 20.8 Å².